The summed E-state index contributed by atoms with van der Waals surface area (Å²) in [5.41, 5.74) is 8.22. The predicted octanol–water partition coefficient (Wildman–Crippen LogP) is 2.66. The van der Waals surface area contributed by atoms with Crippen LogP contribution in [0.15, 0.2) is 36.5 Å². The molecule has 1 fully saturated rings. The molecule has 2 aromatic rings. The van der Waals surface area contributed by atoms with E-state index in [-0.39, 0.29) is 5.54 Å². The summed E-state index contributed by atoms with van der Waals surface area (Å²) in [6.45, 7) is 2.07. The van der Waals surface area contributed by atoms with Gasteiger partial charge in [-0.15, -0.1) is 0 Å². The standard InChI is InChI=1S/C14H17N3/c1-14(15,11-7-8-11)13-16-9-12(17-13)10-5-3-2-4-6-10/h2-6,9,11H,7-8,15H2,1H3,(H,16,17). The lowest BCUT2D eigenvalue weighted by Gasteiger charge is -2.21. The van der Waals surface area contributed by atoms with Crippen LogP contribution in [0.2, 0.25) is 0 Å². The maximum absolute atomic E-state index is 6.34. The number of imidazole rings is 1. The summed E-state index contributed by atoms with van der Waals surface area (Å²) in [7, 11) is 0. The highest BCUT2D eigenvalue weighted by molar-refractivity contribution is 5.58. The first-order valence-electron chi connectivity index (χ1n) is 6.08. The number of hydrogen-bond acceptors (Lipinski definition) is 2. The molecule has 0 saturated heterocycles. The van der Waals surface area contributed by atoms with Gasteiger partial charge in [-0.25, -0.2) is 4.98 Å². The monoisotopic (exact) mass is 227 g/mol. The van der Waals surface area contributed by atoms with Crippen molar-refractivity contribution in [3.05, 3.63) is 42.4 Å². The highest BCUT2D eigenvalue weighted by Crippen LogP contribution is 2.43. The molecule has 88 valence electrons. The van der Waals surface area contributed by atoms with Crippen LogP contribution in [0.1, 0.15) is 25.6 Å². The number of benzene rings is 1. The molecule has 1 atom stereocenters. The van der Waals surface area contributed by atoms with Crippen molar-refractivity contribution in [1.29, 1.82) is 0 Å². The summed E-state index contributed by atoms with van der Waals surface area (Å²) in [6.07, 6.45) is 4.31. The van der Waals surface area contributed by atoms with E-state index in [9.17, 15) is 0 Å². The molecule has 1 aliphatic carbocycles. The van der Waals surface area contributed by atoms with E-state index >= 15 is 0 Å². The quantitative estimate of drug-likeness (QED) is 0.847. The Morgan fingerprint density at radius 2 is 2.00 bits per heavy atom. The zero-order chi connectivity index (χ0) is 11.9. The number of aromatic amines is 1. The molecule has 0 amide bonds. The average molecular weight is 227 g/mol. The third-order valence-corrected chi connectivity index (χ3v) is 3.60. The molecular weight excluding hydrogens is 210 g/mol. The van der Waals surface area contributed by atoms with Gasteiger partial charge in [-0.2, -0.15) is 0 Å². The van der Waals surface area contributed by atoms with Crippen molar-refractivity contribution >= 4 is 0 Å². The fraction of sp³-hybridized carbons (Fsp3) is 0.357. The van der Waals surface area contributed by atoms with E-state index in [1.807, 2.05) is 24.4 Å². The van der Waals surface area contributed by atoms with Crippen molar-refractivity contribution < 1.29 is 0 Å². The van der Waals surface area contributed by atoms with Crippen LogP contribution in [0.3, 0.4) is 0 Å². The molecule has 1 aliphatic rings. The lowest BCUT2D eigenvalue weighted by atomic mass is 9.97. The van der Waals surface area contributed by atoms with Gasteiger partial charge in [0.25, 0.3) is 0 Å². The zero-order valence-electron chi connectivity index (χ0n) is 9.98. The topological polar surface area (TPSA) is 54.7 Å². The summed E-state index contributed by atoms with van der Waals surface area (Å²) < 4.78 is 0. The molecule has 1 saturated carbocycles. The fourth-order valence-electron chi connectivity index (χ4n) is 2.24. The van der Waals surface area contributed by atoms with Gasteiger partial charge < -0.3 is 10.7 Å². The molecule has 3 rings (SSSR count). The first kappa shape index (κ1) is 10.5. The second-order valence-corrected chi connectivity index (χ2v) is 5.07. The van der Waals surface area contributed by atoms with Gasteiger partial charge in [-0.3, -0.25) is 0 Å². The minimum absolute atomic E-state index is 0.312. The number of nitrogens with one attached hydrogen (secondary N) is 1. The van der Waals surface area contributed by atoms with Gasteiger partial charge in [-0.05, 0) is 31.2 Å². The van der Waals surface area contributed by atoms with Gasteiger partial charge >= 0.3 is 0 Å². The third kappa shape index (κ3) is 1.87. The van der Waals surface area contributed by atoms with Crippen molar-refractivity contribution in [2.75, 3.05) is 0 Å². The Bertz CT molecular complexity index is 509. The normalized spacial score (nSPS) is 18.9. The Hall–Kier alpha value is -1.61. The minimum atomic E-state index is -0.312. The summed E-state index contributed by atoms with van der Waals surface area (Å²) in [6, 6.07) is 10.2. The van der Waals surface area contributed by atoms with Gasteiger partial charge in [0.15, 0.2) is 0 Å². The molecular formula is C14H17N3. The molecule has 0 radical (unpaired) electrons. The summed E-state index contributed by atoms with van der Waals surface area (Å²) in [5.74, 6) is 1.48. The Labute approximate surface area is 101 Å². The van der Waals surface area contributed by atoms with Crippen molar-refractivity contribution in [1.82, 2.24) is 9.97 Å². The number of rotatable bonds is 3. The van der Waals surface area contributed by atoms with E-state index in [1.165, 1.54) is 12.8 Å². The maximum Gasteiger partial charge on any atom is 0.126 e. The number of nitrogens with two attached hydrogens (primary N) is 1. The molecule has 17 heavy (non-hydrogen) atoms. The smallest absolute Gasteiger partial charge is 0.126 e. The average Bonchev–Trinajstić information content (AvgIpc) is 3.08. The van der Waals surface area contributed by atoms with Crippen LogP contribution in [0.25, 0.3) is 11.3 Å². The Morgan fingerprint density at radius 1 is 1.29 bits per heavy atom. The van der Waals surface area contributed by atoms with Crippen LogP contribution >= 0.6 is 0 Å². The number of nitrogens with zero attached hydrogens (tertiary/aromatic N) is 1. The van der Waals surface area contributed by atoms with Crippen molar-refractivity contribution in [3.63, 3.8) is 0 Å². The number of H-pyrrole nitrogens is 1. The molecule has 1 aromatic heterocycles. The van der Waals surface area contributed by atoms with E-state index in [0.29, 0.717) is 5.92 Å². The van der Waals surface area contributed by atoms with E-state index in [1.54, 1.807) is 0 Å². The van der Waals surface area contributed by atoms with Gasteiger partial charge in [-0.1, -0.05) is 30.3 Å². The summed E-state index contributed by atoms with van der Waals surface area (Å²) >= 11 is 0. The van der Waals surface area contributed by atoms with E-state index in [0.717, 1.165) is 17.1 Å². The molecule has 1 unspecified atom stereocenters. The Morgan fingerprint density at radius 3 is 2.65 bits per heavy atom. The second kappa shape index (κ2) is 3.70. The molecule has 3 N–H and O–H groups in total. The SMILES string of the molecule is CC(N)(c1ncc(-c2ccccc2)[nH]1)C1CC1. The van der Waals surface area contributed by atoms with Gasteiger partial charge in [0.2, 0.25) is 0 Å². The van der Waals surface area contributed by atoms with Crippen molar-refractivity contribution in [2.45, 2.75) is 25.3 Å². The van der Waals surface area contributed by atoms with Crippen LogP contribution in [0, 0.1) is 5.92 Å². The lowest BCUT2D eigenvalue weighted by molar-refractivity contribution is 0.404. The summed E-state index contributed by atoms with van der Waals surface area (Å²) in [5, 5.41) is 0. The first-order chi connectivity index (χ1) is 8.18. The van der Waals surface area contributed by atoms with Crippen LogP contribution in [0.4, 0.5) is 0 Å². The van der Waals surface area contributed by atoms with Crippen LogP contribution in [-0.4, -0.2) is 9.97 Å². The highest BCUT2D eigenvalue weighted by atomic mass is 15.0. The fourth-order valence-corrected chi connectivity index (χ4v) is 2.24. The molecule has 3 nitrogen and oxygen atoms in total. The molecule has 1 aromatic carbocycles. The molecule has 0 aliphatic heterocycles. The lowest BCUT2D eigenvalue weighted by Crippen LogP contribution is -2.36. The molecule has 3 heteroatoms. The van der Waals surface area contributed by atoms with Crippen LogP contribution in [0.5, 0.6) is 0 Å². The number of aromatic nitrogens is 2. The third-order valence-electron chi connectivity index (χ3n) is 3.60. The molecule has 0 spiro atoms. The van der Waals surface area contributed by atoms with E-state index in [4.69, 9.17) is 5.73 Å². The second-order valence-electron chi connectivity index (χ2n) is 5.07. The molecule has 1 heterocycles. The highest BCUT2D eigenvalue weighted by Gasteiger charge is 2.41. The van der Waals surface area contributed by atoms with Crippen LogP contribution in [-0.2, 0) is 5.54 Å². The minimum Gasteiger partial charge on any atom is -0.340 e. The zero-order valence-corrected chi connectivity index (χ0v) is 9.98. The maximum atomic E-state index is 6.34. The summed E-state index contributed by atoms with van der Waals surface area (Å²) in [4.78, 5) is 7.80. The first-order valence-corrected chi connectivity index (χ1v) is 6.08. The Kier molecular flexibility index (Phi) is 2.30. The Balaban J connectivity index is 1.93. The van der Waals surface area contributed by atoms with Crippen LogP contribution < -0.4 is 5.73 Å². The molecule has 0 bridgehead atoms. The van der Waals surface area contributed by atoms with Gasteiger partial charge in [0.05, 0.1) is 17.4 Å². The van der Waals surface area contributed by atoms with E-state index < -0.39 is 0 Å². The van der Waals surface area contributed by atoms with E-state index in [2.05, 4.69) is 29.0 Å². The largest absolute Gasteiger partial charge is 0.340 e. The van der Waals surface area contributed by atoms with Crippen molar-refractivity contribution in [2.24, 2.45) is 11.7 Å². The number of hydrogen-bond donors (Lipinski definition) is 2. The predicted molar refractivity (Wildman–Crippen MR) is 68.3 cm³/mol. The van der Waals surface area contributed by atoms with Crippen molar-refractivity contribution in [3.8, 4) is 11.3 Å². The van der Waals surface area contributed by atoms with Gasteiger partial charge in [0, 0.05) is 0 Å². The van der Waals surface area contributed by atoms with Gasteiger partial charge in [0.1, 0.15) is 5.82 Å².